The van der Waals surface area contributed by atoms with Crippen molar-refractivity contribution in [1.29, 1.82) is 0 Å². The van der Waals surface area contributed by atoms with Crippen LogP contribution in [0, 0.1) is 0 Å². The van der Waals surface area contributed by atoms with Gasteiger partial charge in [0.2, 0.25) is 15.9 Å². The number of carbonyl (C=O) groups is 1. The summed E-state index contributed by atoms with van der Waals surface area (Å²) in [5.74, 6) is 1.17. The number of nitrogens with one attached hydrogen (secondary N) is 1. The molecule has 2 aliphatic heterocycles. The maximum absolute atomic E-state index is 11.9. The van der Waals surface area contributed by atoms with Crippen LogP contribution >= 0.6 is 11.3 Å². The highest BCUT2D eigenvalue weighted by molar-refractivity contribution is 7.88. The molecule has 6 rings (SSSR count). The number of ether oxygens (including phenoxy) is 1. The van der Waals surface area contributed by atoms with E-state index in [1.807, 2.05) is 29.1 Å². The average molecular weight is 629 g/mol. The third-order valence-electron chi connectivity index (χ3n) is 7.90. The Morgan fingerprint density at radius 1 is 1.07 bits per heavy atom. The molecule has 2 saturated heterocycles. The van der Waals surface area contributed by atoms with Crippen LogP contribution in [-0.4, -0.2) is 107 Å². The van der Waals surface area contributed by atoms with E-state index in [9.17, 15) is 13.2 Å². The molecule has 0 radical (unpaired) electrons. The number of hydrogen-bond acceptors (Lipinski definition) is 11. The van der Waals surface area contributed by atoms with Gasteiger partial charge in [0, 0.05) is 80.8 Å². The van der Waals surface area contributed by atoms with E-state index in [1.165, 1.54) is 11.1 Å². The van der Waals surface area contributed by atoms with Crippen LogP contribution < -0.4 is 10.4 Å². The number of hydrogen-bond donors (Lipinski definition) is 2. The lowest BCUT2D eigenvalue weighted by Gasteiger charge is -2.32. The van der Waals surface area contributed by atoms with E-state index in [2.05, 4.69) is 15.9 Å². The summed E-state index contributed by atoms with van der Waals surface area (Å²) in [6, 6.07) is 8.11. The molecule has 15 heteroatoms. The molecule has 3 aromatic heterocycles. The zero-order valence-corrected chi connectivity index (χ0v) is 25.7. The number of anilines is 1. The number of piperazine rings is 1. The molecule has 0 saturated carbocycles. The van der Waals surface area contributed by atoms with Gasteiger partial charge in [-0.25, -0.2) is 23.9 Å². The highest BCUT2D eigenvalue weighted by Gasteiger charge is 2.25. The average Bonchev–Trinajstić information content (AvgIpc) is 3.62. The predicted octanol–water partition coefficient (Wildman–Crippen LogP) is 2.30. The standard InChI is InChI=1S/C28H36N8O5S2/c1-43(39,40)36-11-9-33(10-12-36)18-20-17-24-26(42-20)28(34-13-15-41-16-14-34)30-27(29-24)21-5-4-6-23-22(21)19-35(31-23)8-3-2-7-25(37)32-38/h4-6,17,19,38H,2-3,7-16,18H2,1H3,(H,32,37). The lowest BCUT2D eigenvalue weighted by atomic mass is 10.1. The van der Waals surface area contributed by atoms with Crippen LogP contribution in [0.5, 0.6) is 0 Å². The molecule has 1 aromatic carbocycles. The van der Waals surface area contributed by atoms with Gasteiger partial charge in [0.25, 0.3) is 0 Å². The molecular weight excluding hydrogens is 592 g/mol. The van der Waals surface area contributed by atoms with Gasteiger partial charge < -0.3 is 9.64 Å². The van der Waals surface area contributed by atoms with E-state index < -0.39 is 10.0 Å². The molecule has 0 aliphatic carbocycles. The van der Waals surface area contributed by atoms with Gasteiger partial charge in [0.05, 0.1) is 35.2 Å². The van der Waals surface area contributed by atoms with Gasteiger partial charge in [-0.15, -0.1) is 11.3 Å². The minimum Gasteiger partial charge on any atom is -0.378 e. The molecular formula is C28H36N8O5S2. The largest absolute Gasteiger partial charge is 0.378 e. The van der Waals surface area contributed by atoms with Crippen LogP contribution in [0.4, 0.5) is 5.82 Å². The van der Waals surface area contributed by atoms with Crippen LogP contribution in [-0.2, 0) is 32.6 Å². The Hall–Kier alpha value is -3.21. The molecule has 5 heterocycles. The topological polar surface area (TPSA) is 146 Å². The highest BCUT2D eigenvalue weighted by Crippen LogP contribution is 2.36. The second kappa shape index (κ2) is 12.8. The first-order chi connectivity index (χ1) is 20.8. The Morgan fingerprint density at radius 3 is 2.60 bits per heavy atom. The molecule has 0 atom stereocenters. The Morgan fingerprint density at radius 2 is 1.86 bits per heavy atom. The number of fused-ring (bicyclic) bond motifs is 2. The number of rotatable bonds is 10. The van der Waals surface area contributed by atoms with E-state index in [0.29, 0.717) is 58.2 Å². The van der Waals surface area contributed by atoms with Crippen LogP contribution in [0.15, 0.2) is 30.5 Å². The number of amides is 1. The normalized spacial score (nSPS) is 17.2. The SMILES string of the molecule is CS(=O)(=O)N1CCN(Cc2cc3nc(-c4cccc5nn(CCCCC(=O)NO)cc45)nc(N4CCOCC4)c3s2)CC1. The van der Waals surface area contributed by atoms with Gasteiger partial charge >= 0.3 is 0 Å². The maximum atomic E-state index is 11.9. The van der Waals surface area contributed by atoms with E-state index in [-0.39, 0.29) is 12.3 Å². The van der Waals surface area contributed by atoms with Crippen LogP contribution in [0.3, 0.4) is 0 Å². The first-order valence-corrected chi connectivity index (χ1v) is 17.1. The number of carbonyl (C=O) groups excluding carboxylic acids is 1. The van der Waals surface area contributed by atoms with Crippen molar-refractivity contribution in [2.75, 3.05) is 63.6 Å². The molecule has 1 amide bonds. The molecule has 0 unspecified atom stereocenters. The summed E-state index contributed by atoms with van der Waals surface area (Å²) in [6.07, 6.45) is 4.94. The summed E-state index contributed by atoms with van der Waals surface area (Å²) in [5.41, 5.74) is 4.32. The molecule has 2 aliphatic rings. The molecule has 13 nitrogen and oxygen atoms in total. The molecule has 230 valence electrons. The van der Waals surface area contributed by atoms with Gasteiger partial charge in [0.15, 0.2) is 11.6 Å². The third kappa shape index (κ3) is 6.81. The Bertz CT molecular complexity index is 1710. The number of sulfonamides is 1. The first kappa shape index (κ1) is 29.8. The number of unbranched alkanes of at least 4 members (excludes halogenated alkanes) is 1. The monoisotopic (exact) mass is 628 g/mol. The zero-order valence-electron chi connectivity index (χ0n) is 24.1. The molecule has 4 aromatic rings. The smallest absolute Gasteiger partial charge is 0.243 e. The highest BCUT2D eigenvalue weighted by atomic mass is 32.2. The Balaban J connectivity index is 1.29. The summed E-state index contributed by atoms with van der Waals surface area (Å²) >= 11 is 1.70. The number of thiophene rings is 1. The van der Waals surface area contributed by atoms with Crippen molar-refractivity contribution in [3.8, 4) is 11.4 Å². The predicted molar refractivity (Wildman–Crippen MR) is 165 cm³/mol. The van der Waals surface area contributed by atoms with Crippen molar-refractivity contribution >= 4 is 54.2 Å². The number of morpholine rings is 1. The van der Waals surface area contributed by atoms with E-state index in [1.54, 1.807) is 21.1 Å². The molecule has 43 heavy (non-hydrogen) atoms. The fraction of sp³-hybridized carbons (Fsp3) is 0.500. The zero-order chi connectivity index (χ0) is 30.0. The lowest BCUT2D eigenvalue weighted by molar-refractivity contribution is -0.129. The van der Waals surface area contributed by atoms with E-state index in [4.69, 9.17) is 25.0 Å². The number of nitrogens with zero attached hydrogens (tertiary/aromatic N) is 7. The molecule has 2 N–H and O–H groups in total. The van der Waals surface area contributed by atoms with Crippen LogP contribution in [0.2, 0.25) is 0 Å². The van der Waals surface area contributed by atoms with Gasteiger partial charge in [0.1, 0.15) is 0 Å². The minimum atomic E-state index is -3.17. The molecule has 0 bridgehead atoms. The number of aryl methyl sites for hydroxylation is 1. The van der Waals surface area contributed by atoms with Crippen molar-refractivity contribution in [3.63, 3.8) is 0 Å². The summed E-state index contributed by atoms with van der Waals surface area (Å²) in [4.78, 5) is 27.2. The van der Waals surface area contributed by atoms with Gasteiger partial charge in [-0.2, -0.15) is 9.40 Å². The second-order valence-corrected chi connectivity index (χ2v) is 14.1. The summed E-state index contributed by atoms with van der Waals surface area (Å²) < 4.78 is 34.0. The fourth-order valence-electron chi connectivity index (χ4n) is 5.61. The van der Waals surface area contributed by atoms with E-state index in [0.717, 1.165) is 58.6 Å². The van der Waals surface area contributed by atoms with Gasteiger partial charge in [-0.05, 0) is 25.0 Å². The van der Waals surface area contributed by atoms with Crippen molar-refractivity contribution in [1.82, 2.24) is 34.4 Å². The fourth-order valence-corrected chi connectivity index (χ4v) is 7.59. The number of benzene rings is 1. The third-order valence-corrected chi connectivity index (χ3v) is 10.3. The number of aromatic nitrogens is 4. The minimum absolute atomic E-state index is 0.264. The van der Waals surface area contributed by atoms with Crippen LogP contribution in [0.25, 0.3) is 32.5 Å². The summed E-state index contributed by atoms with van der Waals surface area (Å²) in [5, 5.41) is 14.4. The van der Waals surface area contributed by atoms with Gasteiger partial charge in [-0.1, -0.05) is 12.1 Å². The second-order valence-electron chi connectivity index (χ2n) is 11.0. The van der Waals surface area contributed by atoms with Gasteiger partial charge in [-0.3, -0.25) is 19.6 Å². The molecule has 0 spiro atoms. The summed E-state index contributed by atoms with van der Waals surface area (Å²) in [7, 11) is -3.17. The van der Waals surface area contributed by atoms with Crippen LogP contribution in [0.1, 0.15) is 24.1 Å². The Kier molecular flexibility index (Phi) is 8.88. The maximum Gasteiger partial charge on any atom is 0.243 e. The number of hydroxylamine groups is 1. The quantitative estimate of drug-likeness (QED) is 0.152. The summed E-state index contributed by atoms with van der Waals surface area (Å²) in [6.45, 7) is 6.56. The van der Waals surface area contributed by atoms with Crippen molar-refractivity contribution < 1.29 is 23.2 Å². The van der Waals surface area contributed by atoms with Crippen molar-refractivity contribution in [2.24, 2.45) is 0 Å². The lowest BCUT2D eigenvalue weighted by Crippen LogP contribution is -2.47. The Labute approximate surface area is 254 Å². The molecule has 2 fully saturated rings. The first-order valence-electron chi connectivity index (χ1n) is 14.5. The van der Waals surface area contributed by atoms with Crippen molar-refractivity contribution in [2.45, 2.75) is 32.4 Å². The van der Waals surface area contributed by atoms with Crippen molar-refractivity contribution in [3.05, 3.63) is 35.3 Å². The van der Waals surface area contributed by atoms with E-state index >= 15 is 0 Å².